The van der Waals surface area contributed by atoms with Crippen molar-refractivity contribution in [2.45, 2.75) is 19.1 Å². The Labute approximate surface area is 105 Å². The van der Waals surface area contributed by atoms with Crippen LogP contribution in [0.2, 0.25) is 0 Å². The number of ether oxygens (including phenoxy) is 1. The van der Waals surface area contributed by atoms with E-state index < -0.39 is 17.7 Å². The molecule has 2 atom stereocenters. The zero-order valence-electron chi connectivity index (χ0n) is 10.3. The molecule has 0 amide bonds. The smallest absolute Gasteiger partial charge is 0.131 e. The van der Waals surface area contributed by atoms with Gasteiger partial charge in [-0.3, -0.25) is 4.90 Å². The Bertz CT molecular complexity index is 394. The standard InChI is InChI=1S/C13H17F2NO2/c1-9-7-16(5-6-18-9)8-12(17)13-10(14)3-2-4-11(13)15/h2-4,9,12,17H,5-8H2,1H3. The van der Waals surface area contributed by atoms with Gasteiger partial charge in [-0.1, -0.05) is 6.07 Å². The third-order valence-corrected chi connectivity index (χ3v) is 3.09. The Kier molecular flexibility index (Phi) is 4.27. The molecule has 0 radical (unpaired) electrons. The molecule has 18 heavy (non-hydrogen) atoms. The van der Waals surface area contributed by atoms with Crippen molar-refractivity contribution in [1.29, 1.82) is 0 Å². The Hall–Kier alpha value is -1.04. The summed E-state index contributed by atoms with van der Waals surface area (Å²) in [7, 11) is 0. The van der Waals surface area contributed by atoms with Crippen LogP contribution in [0.3, 0.4) is 0 Å². The summed E-state index contributed by atoms with van der Waals surface area (Å²) in [6, 6.07) is 3.60. The Balaban J connectivity index is 2.05. The van der Waals surface area contributed by atoms with Crippen molar-refractivity contribution in [2.75, 3.05) is 26.2 Å². The summed E-state index contributed by atoms with van der Waals surface area (Å²) in [5.41, 5.74) is -0.253. The summed E-state index contributed by atoms with van der Waals surface area (Å²) >= 11 is 0. The van der Waals surface area contributed by atoms with Crippen LogP contribution in [0.1, 0.15) is 18.6 Å². The average Bonchev–Trinajstić information content (AvgIpc) is 2.28. The Morgan fingerprint density at radius 2 is 2.11 bits per heavy atom. The number of hydrogen-bond donors (Lipinski definition) is 1. The maximum atomic E-state index is 13.5. The first kappa shape index (κ1) is 13.4. The molecule has 2 rings (SSSR count). The van der Waals surface area contributed by atoms with E-state index in [4.69, 9.17) is 4.74 Å². The van der Waals surface area contributed by atoms with Crippen LogP contribution in [0.4, 0.5) is 8.78 Å². The highest BCUT2D eigenvalue weighted by atomic mass is 19.1. The molecule has 1 fully saturated rings. The number of benzene rings is 1. The van der Waals surface area contributed by atoms with Gasteiger partial charge in [-0.15, -0.1) is 0 Å². The van der Waals surface area contributed by atoms with Gasteiger partial charge in [0.2, 0.25) is 0 Å². The minimum absolute atomic E-state index is 0.0800. The van der Waals surface area contributed by atoms with E-state index in [2.05, 4.69) is 0 Å². The molecule has 5 heteroatoms. The predicted molar refractivity (Wildman–Crippen MR) is 63.2 cm³/mol. The first-order valence-corrected chi connectivity index (χ1v) is 6.04. The van der Waals surface area contributed by atoms with Gasteiger partial charge in [-0.2, -0.15) is 0 Å². The first-order chi connectivity index (χ1) is 8.58. The molecule has 1 saturated heterocycles. The van der Waals surface area contributed by atoms with Crippen molar-refractivity contribution in [3.8, 4) is 0 Å². The molecule has 1 aliphatic heterocycles. The molecule has 0 aromatic heterocycles. The molecule has 0 aliphatic carbocycles. The van der Waals surface area contributed by atoms with Gasteiger partial charge >= 0.3 is 0 Å². The monoisotopic (exact) mass is 257 g/mol. The lowest BCUT2D eigenvalue weighted by Gasteiger charge is -2.32. The minimum Gasteiger partial charge on any atom is -0.387 e. The quantitative estimate of drug-likeness (QED) is 0.895. The van der Waals surface area contributed by atoms with Crippen LogP contribution < -0.4 is 0 Å². The number of nitrogens with zero attached hydrogens (tertiary/aromatic N) is 1. The van der Waals surface area contributed by atoms with Crippen LogP contribution in [0, 0.1) is 11.6 Å². The van der Waals surface area contributed by atoms with Gasteiger partial charge in [0, 0.05) is 19.6 Å². The molecule has 3 nitrogen and oxygen atoms in total. The SMILES string of the molecule is CC1CN(CC(O)c2c(F)cccc2F)CCO1. The molecule has 100 valence electrons. The van der Waals surface area contributed by atoms with Gasteiger partial charge in [-0.25, -0.2) is 8.78 Å². The second-order valence-corrected chi connectivity index (χ2v) is 4.59. The highest BCUT2D eigenvalue weighted by molar-refractivity contribution is 5.22. The van der Waals surface area contributed by atoms with E-state index in [-0.39, 0.29) is 18.2 Å². The third-order valence-electron chi connectivity index (χ3n) is 3.09. The van der Waals surface area contributed by atoms with Crippen LogP contribution in [0.5, 0.6) is 0 Å². The van der Waals surface area contributed by atoms with Gasteiger partial charge in [-0.05, 0) is 19.1 Å². The minimum atomic E-state index is -1.16. The van der Waals surface area contributed by atoms with Gasteiger partial charge in [0.25, 0.3) is 0 Å². The normalized spacial score (nSPS) is 23.0. The highest BCUT2D eigenvalue weighted by Gasteiger charge is 2.23. The summed E-state index contributed by atoms with van der Waals surface area (Å²) in [4.78, 5) is 1.95. The molecule has 2 unspecified atom stereocenters. The maximum Gasteiger partial charge on any atom is 0.131 e. The second-order valence-electron chi connectivity index (χ2n) is 4.59. The Morgan fingerprint density at radius 1 is 1.44 bits per heavy atom. The number of halogens is 2. The number of aliphatic hydroxyl groups excluding tert-OH is 1. The molecule has 1 N–H and O–H groups in total. The van der Waals surface area contributed by atoms with Crippen molar-refractivity contribution >= 4 is 0 Å². The van der Waals surface area contributed by atoms with Gasteiger partial charge in [0.1, 0.15) is 11.6 Å². The summed E-state index contributed by atoms with van der Waals surface area (Å²) in [6.07, 6.45) is -1.08. The zero-order chi connectivity index (χ0) is 13.1. The highest BCUT2D eigenvalue weighted by Crippen LogP contribution is 2.22. The van der Waals surface area contributed by atoms with Crippen molar-refractivity contribution in [1.82, 2.24) is 4.90 Å². The van der Waals surface area contributed by atoms with Gasteiger partial charge in [0.15, 0.2) is 0 Å². The topological polar surface area (TPSA) is 32.7 Å². The van der Waals surface area contributed by atoms with Gasteiger partial charge in [0.05, 0.1) is 24.4 Å². The first-order valence-electron chi connectivity index (χ1n) is 6.04. The number of morpholine rings is 1. The van der Waals surface area contributed by atoms with Crippen LogP contribution in [0.25, 0.3) is 0 Å². The molecule has 1 aromatic rings. The van der Waals surface area contributed by atoms with Crippen molar-refractivity contribution in [3.05, 3.63) is 35.4 Å². The van der Waals surface area contributed by atoms with E-state index in [1.54, 1.807) is 0 Å². The van der Waals surface area contributed by atoms with Crippen molar-refractivity contribution < 1.29 is 18.6 Å². The predicted octanol–water partition coefficient (Wildman–Crippen LogP) is 1.72. The second kappa shape index (κ2) is 5.73. The number of hydrogen-bond acceptors (Lipinski definition) is 3. The van der Waals surface area contributed by atoms with E-state index in [1.807, 2.05) is 11.8 Å². The number of rotatable bonds is 3. The molecule has 1 heterocycles. The maximum absolute atomic E-state index is 13.5. The molecule has 0 bridgehead atoms. The summed E-state index contributed by atoms with van der Waals surface area (Å²) in [6.45, 7) is 4.05. The van der Waals surface area contributed by atoms with Crippen LogP contribution in [-0.2, 0) is 4.74 Å². The van der Waals surface area contributed by atoms with Crippen molar-refractivity contribution in [3.63, 3.8) is 0 Å². The molecule has 1 aliphatic rings. The van der Waals surface area contributed by atoms with Crippen molar-refractivity contribution in [2.24, 2.45) is 0 Å². The fraction of sp³-hybridized carbons (Fsp3) is 0.538. The molecule has 1 aromatic carbocycles. The largest absolute Gasteiger partial charge is 0.387 e. The van der Waals surface area contributed by atoms with E-state index in [1.165, 1.54) is 6.07 Å². The lowest BCUT2D eigenvalue weighted by Crippen LogP contribution is -2.43. The number of β-amino-alcohol motifs (C(OH)–C–C–N with tert-alkyl or cyclic N) is 1. The fourth-order valence-electron chi connectivity index (χ4n) is 2.22. The molecule has 0 spiro atoms. The van der Waals surface area contributed by atoms with E-state index >= 15 is 0 Å². The zero-order valence-corrected chi connectivity index (χ0v) is 10.3. The molecule has 0 saturated carbocycles. The average molecular weight is 257 g/mol. The number of aliphatic hydroxyl groups is 1. The lowest BCUT2D eigenvalue weighted by molar-refractivity contribution is -0.0325. The Morgan fingerprint density at radius 3 is 2.72 bits per heavy atom. The fourth-order valence-corrected chi connectivity index (χ4v) is 2.22. The van der Waals surface area contributed by atoms with Crippen LogP contribution in [0.15, 0.2) is 18.2 Å². The van der Waals surface area contributed by atoms with Crippen LogP contribution in [-0.4, -0.2) is 42.4 Å². The summed E-state index contributed by atoms with van der Waals surface area (Å²) < 4.78 is 32.3. The van der Waals surface area contributed by atoms with Crippen LogP contribution >= 0.6 is 0 Å². The summed E-state index contributed by atoms with van der Waals surface area (Å²) in [5, 5.41) is 9.96. The third kappa shape index (κ3) is 3.04. The van der Waals surface area contributed by atoms with E-state index in [0.717, 1.165) is 12.1 Å². The lowest BCUT2D eigenvalue weighted by atomic mass is 10.1. The molecular weight excluding hydrogens is 240 g/mol. The van der Waals surface area contributed by atoms with E-state index in [0.29, 0.717) is 19.7 Å². The van der Waals surface area contributed by atoms with E-state index in [9.17, 15) is 13.9 Å². The summed E-state index contributed by atoms with van der Waals surface area (Å²) in [5.74, 6) is -1.41. The van der Waals surface area contributed by atoms with Gasteiger partial charge < -0.3 is 9.84 Å². The molecular formula is C13H17F2NO2.